The number of hydrogen-bond donors (Lipinski definition) is 2. The van der Waals surface area contributed by atoms with Crippen LogP contribution in [0.4, 0.5) is 0 Å². The second kappa shape index (κ2) is 6.92. The minimum atomic E-state index is 0.311. The molecule has 1 heterocycles. The van der Waals surface area contributed by atoms with Crippen molar-refractivity contribution in [2.24, 2.45) is 0 Å². The second-order valence-electron chi connectivity index (χ2n) is 3.34. The number of unbranched alkanes of at least 4 members (excludes halogenated alkanes) is 2. The summed E-state index contributed by atoms with van der Waals surface area (Å²) in [5.41, 5.74) is 1.10. The van der Waals surface area contributed by atoms with Gasteiger partial charge in [-0.05, 0) is 32.7 Å². The largest absolute Gasteiger partial charge is 0.396 e. The summed E-state index contributed by atoms with van der Waals surface area (Å²) in [4.78, 5) is 4.36. The minimum Gasteiger partial charge on any atom is -0.396 e. The van der Waals surface area contributed by atoms with Crippen LogP contribution < -0.4 is 5.32 Å². The molecule has 1 aromatic rings. The lowest BCUT2D eigenvalue weighted by atomic mass is 10.2. The molecule has 14 heavy (non-hydrogen) atoms. The highest BCUT2D eigenvalue weighted by Crippen LogP contribution is 2.07. The lowest BCUT2D eigenvalue weighted by Gasteiger charge is -2.01. The van der Waals surface area contributed by atoms with E-state index in [1.807, 2.05) is 6.92 Å². The van der Waals surface area contributed by atoms with Crippen molar-refractivity contribution in [2.75, 3.05) is 13.2 Å². The molecule has 2 N–H and O–H groups in total. The van der Waals surface area contributed by atoms with E-state index in [2.05, 4.69) is 15.7 Å². The van der Waals surface area contributed by atoms with Crippen molar-refractivity contribution in [3.63, 3.8) is 0 Å². The third-order valence-electron chi connectivity index (χ3n) is 1.95. The molecule has 0 fully saturated rings. The van der Waals surface area contributed by atoms with Crippen LogP contribution >= 0.6 is 11.3 Å². The zero-order chi connectivity index (χ0) is 10.2. The number of nitrogens with one attached hydrogen (secondary N) is 1. The maximum Gasteiger partial charge on any atom is 0.107 e. The predicted molar refractivity (Wildman–Crippen MR) is 59.5 cm³/mol. The molecule has 3 nitrogen and oxygen atoms in total. The molecule has 4 heteroatoms. The van der Waals surface area contributed by atoms with Gasteiger partial charge >= 0.3 is 0 Å². The molecule has 80 valence electrons. The summed E-state index contributed by atoms with van der Waals surface area (Å²) in [6.07, 6.45) is 3.14. The van der Waals surface area contributed by atoms with Crippen LogP contribution in [-0.4, -0.2) is 23.2 Å². The lowest BCUT2D eigenvalue weighted by Crippen LogP contribution is -2.14. The molecule has 0 atom stereocenters. The van der Waals surface area contributed by atoms with E-state index in [0.717, 1.165) is 43.1 Å². The van der Waals surface area contributed by atoms with Crippen LogP contribution in [0.25, 0.3) is 0 Å². The molecule has 0 aromatic carbocycles. The average Bonchev–Trinajstić information content (AvgIpc) is 2.58. The Morgan fingerprint density at radius 1 is 1.43 bits per heavy atom. The van der Waals surface area contributed by atoms with Crippen molar-refractivity contribution in [1.82, 2.24) is 10.3 Å². The fourth-order valence-corrected chi connectivity index (χ4v) is 1.96. The van der Waals surface area contributed by atoms with Crippen LogP contribution in [0.1, 0.15) is 30.0 Å². The smallest absolute Gasteiger partial charge is 0.107 e. The Bertz CT molecular complexity index is 250. The van der Waals surface area contributed by atoms with Gasteiger partial charge < -0.3 is 10.4 Å². The summed E-state index contributed by atoms with van der Waals surface area (Å²) < 4.78 is 0. The number of nitrogens with zero attached hydrogens (tertiary/aromatic N) is 1. The van der Waals surface area contributed by atoms with Gasteiger partial charge in [0.25, 0.3) is 0 Å². The highest BCUT2D eigenvalue weighted by atomic mass is 32.1. The number of aliphatic hydroxyl groups is 1. The van der Waals surface area contributed by atoms with Gasteiger partial charge in [-0.1, -0.05) is 0 Å². The standard InChI is InChI=1S/C10H18N2OS/c1-9-8-14-10(12-9)7-11-5-3-2-4-6-13/h8,11,13H,2-7H2,1H3. The number of rotatable bonds is 7. The van der Waals surface area contributed by atoms with Crippen molar-refractivity contribution in [2.45, 2.75) is 32.7 Å². The number of aliphatic hydroxyl groups excluding tert-OH is 1. The van der Waals surface area contributed by atoms with Crippen molar-refractivity contribution >= 4 is 11.3 Å². The van der Waals surface area contributed by atoms with Crippen LogP contribution in [0.5, 0.6) is 0 Å². The first-order chi connectivity index (χ1) is 6.83. The van der Waals surface area contributed by atoms with Gasteiger partial charge in [-0.15, -0.1) is 11.3 Å². The van der Waals surface area contributed by atoms with Gasteiger partial charge in [-0.25, -0.2) is 4.98 Å². The molecule has 0 bridgehead atoms. The zero-order valence-corrected chi connectivity index (χ0v) is 9.44. The number of thiazole rings is 1. The molecular weight excluding hydrogens is 196 g/mol. The van der Waals surface area contributed by atoms with Crippen LogP contribution in [0, 0.1) is 6.92 Å². The van der Waals surface area contributed by atoms with Crippen molar-refractivity contribution in [3.05, 3.63) is 16.1 Å². The van der Waals surface area contributed by atoms with Gasteiger partial charge in [-0.2, -0.15) is 0 Å². The molecule has 1 rings (SSSR count). The molecule has 0 spiro atoms. The summed E-state index contributed by atoms with van der Waals surface area (Å²) in [6, 6.07) is 0. The Morgan fingerprint density at radius 2 is 2.29 bits per heavy atom. The normalized spacial score (nSPS) is 10.7. The van der Waals surface area contributed by atoms with E-state index in [4.69, 9.17) is 5.11 Å². The molecule has 0 saturated carbocycles. The van der Waals surface area contributed by atoms with Crippen LogP contribution in [0.2, 0.25) is 0 Å². The van der Waals surface area contributed by atoms with Gasteiger partial charge in [0, 0.05) is 24.2 Å². The van der Waals surface area contributed by atoms with E-state index in [-0.39, 0.29) is 0 Å². The fraction of sp³-hybridized carbons (Fsp3) is 0.700. The van der Waals surface area contributed by atoms with Crippen molar-refractivity contribution < 1.29 is 5.11 Å². The fourth-order valence-electron chi connectivity index (χ4n) is 1.22. The molecule has 0 amide bonds. The molecular formula is C10H18N2OS. The van der Waals surface area contributed by atoms with Crippen molar-refractivity contribution in [3.8, 4) is 0 Å². The van der Waals surface area contributed by atoms with E-state index in [9.17, 15) is 0 Å². The topological polar surface area (TPSA) is 45.1 Å². The van der Waals surface area contributed by atoms with Gasteiger partial charge in [0.1, 0.15) is 5.01 Å². The molecule has 0 aliphatic heterocycles. The third kappa shape index (κ3) is 4.69. The molecule has 0 saturated heterocycles. The van der Waals surface area contributed by atoms with Crippen LogP contribution in [0.15, 0.2) is 5.38 Å². The predicted octanol–water partition coefficient (Wildman–Crippen LogP) is 1.70. The Balaban J connectivity index is 1.99. The Morgan fingerprint density at radius 3 is 2.93 bits per heavy atom. The SMILES string of the molecule is Cc1csc(CNCCCCCO)n1. The minimum absolute atomic E-state index is 0.311. The van der Waals surface area contributed by atoms with E-state index >= 15 is 0 Å². The monoisotopic (exact) mass is 214 g/mol. The van der Waals surface area contributed by atoms with Gasteiger partial charge in [-0.3, -0.25) is 0 Å². The summed E-state index contributed by atoms with van der Waals surface area (Å²) in [5, 5.41) is 15.1. The van der Waals surface area contributed by atoms with E-state index < -0.39 is 0 Å². The average molecular weight is 214 g/mol. The highest BCUT2D eigenvalue weighted by Gasteiger charge is 1.96. The first kappa shape index (κ1) is 11.6. The summed E-state index contributed by atoms with van der Waals surface area (Å²) in [5.74, 6) is 0. The Hall–Kier alpha value is -0.450. The van der Waals surface area contributed by atoms with Crippen molar-refractivity contribution in [1.29, 1.82) is 0 Å². The maximum absolute atomic E-state index is 8.57. The second-order valence-corrected chi connectivity index (χ2v) is 4.29. The summed E-state index contributed by atoms with van der Waals surface area (Å²) in [7, 11) is 0. The highest BCUT2D eigenvalue weighted by molar-refractivity contribution is 7.09. The van der Waals surface area contributed by atoms with Crippen LogP contribution in [-0.2, 0) is 6.54 Å². The number of aromatic nitrogens is 1. The molecule has 0 radical (unpaired) electrons. The first-order valence-electron chi connectivity index (χ1n) is 5.05. The van der Waals surface area contributed by atoms with Gasteiger partial charge in [0.15, 0.2) is 0 Å². The molecule has 1 aromatic heterocycles. The van der Waals surface area contributed by atoms with Gasteiger partial charge in [0.05, 0.1) is 0 Å². The first-order valence-corrected chi connectivity index (χ1v) is 5.93. The molecule has 0 aliphatic rings. The Labute approximate surface area is 89.2 Å². The van der Waals surface area contributed by atoms with Gasteiger partial charge in [0.2, 0.25) is 0 Å². The molecule has 0 unspecified atom stereocenters. The lowest BCUT2D eigenvalue weighted by molar-refractivity contribution is 0.283. The number of aryl methyl sites for hydroxylation is 1. The van der Waals surface area contributed by atoms with E-state index in [0.29, 0.717) is 6.61 Å². The maximum atomic E-state index is 8.57. The van der Waals surface area contributed by atoms with E-state index in [1.165, 1.54) is 0 Å². The number of hydrogen-bond acceptors (Lipinski definition) is 4. The Kier molecular flexibility index (Phi) is 5.75. The summed E-state index contributed by atoms with van der Waals surface area (Å²) in [6.45, 7) is 4.21. The third-order valence-corrected chi connectivity index (χ3v) is 2.92. The quantitative estimate of drug-likeness (QED) is 0.679. The molecule has 0 aliphatic carbocycles. The summed E-state index contributed by atoms with van der Waals surface area (Å²) >= 11 is 1.70. The van der Waals surface area contributed by atoms with Crippen LogP contribution in [0.3, 0.4) is 0 Å². The van der Waals surface area contributed by atoms with E-state index in [1.54, 1.807) is 11.3 Å². The zero-order valence-electron chi connectivity index (χ0n) is 8.62.